The van der Waals surface area contributed by atoms with E-state index in [4.69, 9.17) is 5.73 Å². The van der Waals surface area contributed by atoms with Crippen LogP contribution >= 0.6 is 0 Å². The maximum Gasteiger partial charge on any atom is 0.422 e. The number of pyridine rings is 1. The Balaban J connectivity index is 2.53. The molecule has 0 aliphatic heterocycles. The first-order valence-corrected chi connectivity index (χ1v) is 4.56. The van der Waals surface area contributed by atoms with Gasteiger partial charge in [-0.2, -0.15) is 13.2 Å². The van der Waals surface area contributed by atoms with Gasteiger partial charge in [0.2, 0.25) is 11.8 Å². The number of nitrogens with one attached hydrogen (secondary N) is 1. The monoisotopic (exact) mass is 249 g/mol. The first kappa shape index (κ1) is 13.2. The Morgan fingerprint density at radius 3 is 2.65 bits per heavy atom. The van der Waals surface area contributed by atoms with E-state index in [-0.39, 0.29) is 12.4 Å². The summed E-state index contributed by atoms with van der Waals surface area (Å²) in [4.78, 5) is 14.5. The van der Waals surface area contributed by atoms with Crippen LogP contribution in [0.4, 0.5) is 18.9 Å². The van der Waals surface area contributed by atoms with Crippen LogP contribution in [0.25, 0.3) is 0 Å². The fourth-order valence-corrected chi connectivity index (χ4v) is 0.907. The van der Waals surface area contributed by atoms with Gasteiger partial charge in [-0.25, -0.2) is 4.98 Å². The van der Waals surface area contributed by atoms with E-state index in [1.807, 2.05) is 0 Å². The Bertz CT molecular complexity index is 378. The summed E-state index contributed by atoms with van der Waals surface area (Å²) in [6.07, 6.45) is -3.23. The van der Waals surface area contributed by atoms with Crippen molar-refractivity contribution in [2.75, 3.05) is 18.5 Å². The minimum absolute atomic E-state index is 0.173. The smallest absolute Gasteiger partial charge is 0.422 e. The average Bonchev–Trinajstić information content (AvgIpc) is 2.27. The molecule has 0 aromatic carbocycles. The van der Waals surface area contributed by atoms with E-state index in [0.29, 0.717) is 5.69 Å². The number of anilines is 1. The Kier molecular flexibility index (Phi) is 4.27. The Hall–Kier alpha value is -1.83. The van der Waals surface area contributed by atoms with Crippen molar-refractivity contribution in [2.45, 2.75) is 6.18 Å². The molecule has 1 aromatic heterocycles. The fraction of sp³-hybridized carbons (Fsp3) is 0.333. The second-order valence-electron chi connectivity index (χ2n) is 3.04. The fourth-order valence-electron chi connectivity index (χ4n) is 0.907. The number of amides is 1. The van der Waals surface area contributed by atoms with Crippen molar-refractivity contribution < 1.29 is 22.7 Å². The summed E-state index contributed by atoms with van der Waals surface area (Å²) in [5.74, 6) is -0.594. The van der Waals surface area contributed by atoms with Gasteiger partial charge in [-0.1, -0.05) is 0 Å². The highest BCUT2D eigenvalue weighted by molar-refractivity contribution is 5.91. The molecule has 5 nitrogen and oxygen atoms in total. The lowest BCUT2D eigenvalue weighted by atomic mass is 10.4. The first-order valence-electron chi connectivity index (χ1n) is 4.56. The molecule has 0 aliphatic carbocycles. The van der Waals surface area contributed by atoms with Crippen molar-refractivity contribution >= 4 is 11.6 Å². The van der Waals surface area contributed by atoms with Gasteiger partial charge >= 0.3 is 6.18 Å². The third kappa shape index (κ3) is 5.16. The van der Waals surface area contributed by atoms with Crippen molar-refractivity contribution in [3.05, 3.63) is 18.3 Å². The molecule has 0 saturated carbocycles. The summed E-state index contributed by atoms with van der Waals surface area (Å²) in [5, 5.41) is 2.39. The maximum absolute atomic E-state index is 11.8. The SMILES string of the molecule is NCC(=O)Nc1ccc(OCC(F)(F)F)nc1. The lowest BCUT2D eigenvalue weighted by Crippen LogP contribution is -2.22. The number of ether oxygens (including phenoxy) is 1. The number of alkyl halides is 3. The molecule has 3 N–H and O–H groups in total. The summed E-state index contributed by atoms with van der Waals surface area (Å²) in [5.41, 5.74) is 5.40. The quantitative estimate of drug-likeness (QED) is 0.831. The molecule has 0 atom stereocenters. The molecule has 1 heterocycles. The van der Waals surface area contributed by atoms with Crippen LogP contribution in [-0.2, 0) is 4.79 Å². The molecule has 94 valence electrons. The van der Waals surface area contributed by atoms with Gasteiger partial charge in [0.1, 0.15) is 0 Å². The largest absolute Gasteiger partial charge is 0.468 e. The van der Waals surface area contributed by atoms with Gasteiger partial charge < -0.3 is 15.8 Å². The molecule has 1 rings (SSSR count). The van der Waals surface area contributed by atoms with Gasteiger partial charge in [-0.3, -0.25) is 4.79 Å². The van der Waals surface area contributed by atoms with Crippen molar-refractivity contribution in [2.24, 2.45) is 5.73 Å². The molecular formula is C9H10F3N3O2. The van der Waals surface area contributed by atoms with Gasteiger partial charge in [0, 0.05) is 6.07 Å². The Labute approximate surface area is 94.8 Å². The van der Waals surface area contributed by atoms with Crippen molar-refractivity contribution in [1.29, 1.82) is 0 Å². The predicted octanol–water partition coefficient (Wildman–Crippen LogP) is 0.920. The van der Waals surface area contributed by atoms with Gasteiger partial charge in [-0.15, -0.1) is 0 Å². The van der Waals surface area contributed by atoms with Crippen LogP contribution in [0.2, 0.25) is 0 Å². The van der Waals surface area contributed by atoms with Crippen LogP contribution in [0.15, 0.2) is 18.3 Å². The standard InChI is InChI=1S/C9H10F3N3O2/c10-9(11,12)5-17-8-2-1-6(4-14-8)15-7(16)3-13/h1-2,4H,3,5,13H2,(H,15,16). The second-order valence-corrected chi connectivity index (χ2v) is 3.04. The average molecular weight is 249 g/mol. The lowest BCUT2D eigenvalue weighted by molar-refractivity contribution is -0.154. The molecular weight excluding hydrogens is 239 g/mol. The Morgan fingerprint density at radius 1 is 1.47 bits per heavy atom. The number of aromatic nitrogens is 1. The summed E-state index contributed by atoms with van der Waals surface area (Å²) in [7, 11) is 0. The highest BCUT2D eigenvalue weighted by Gasteiger charge is 2.28. The minimum atomic E-state index is -4.41. The number of carbonyl (C=O) groups is 1. The zero-order valence-electron chi connectivity index (χ0n) is 8.62. The van der Waals surface area contributed by atoms with Crippen LogP contribution in [-0.4, -0.2) is 30.2 Å². The molecule has 0 saturated heterocycles. The number of hydrogen-bond acceptors (Lipinski definition) is 4. The molecule has 1 aromatic rings. The molecule has 0 radical (unpaired) electrons. The van der Waals surface area contributed by atoms with Gasteiger partial charge in [-0.05, 0) is 6.07 Å². The van der Waals surface area contributed by atoms with E-state index in [1.165, 1.54) is 18.3 Å². The zero-order chi connectivity index (χ0) is 12.9. The number of carbonyl (C=O) groups excluding carboxylic acids is 1. The molecule has 8 heteroatoms. The summed E-state index contributed by atoms with van der Waals surface area (Å²) >= 11 is 0. The van der Waals surface area contributed by atoms with Crippen LogP contribution in [0.5, 0.6) is 5.88 Å². The number of nitrogens with zero attached hydrogens (tertiary/aromatic N) is 1. The number of hydrogen-bond donors (Lipinski definition) is 2. The van der Waals surface area contributed by atoms with E-state index < -0.39 is 18.7 Å². The van der Waals surface area contributed by atoms with Crippen LogP contribution < -0.4 is 15.8 Å². The second kappa shape index (κ2) is 5.48. The molecule has 0 fully saturated rings. The molecule has 0 spiro atoms. The summed E-state index contributed by atoms with van der Waals surface area (Å²) < 4.78 is 39.8. The molecule has 17 heavy (non-hydrogen) atoms. The molecule has 0 bridgehead atoms. The minimum Gasteiger partial charge on any atom is -0.468 e. The van der Waals surface area contributed by atoms with Crippen molar-refractivity contribution in [3.8, 4) is 5.88 Å². The highest BCUT2D eigenvalue weighted by Crippen LogP contribution is 2.17. The van der Waals surface area contributed by atoms with E-state index in [0.717, 1.165) is 0 Å². The van der Waals surface area contributed by atoms with E-state index in [1.54, 1.807) is 0 Å². The van der Waals surface area contributed by atoms with Gasteiger partial charge in [0.25, 0.3) is 0 Å². The number of rotatable bonds is 4. The van der Waals surface area contributed by atoms with Gasteiger partial charge in [0.15, 0.2) is 6.61 Å². The van der Waals surface area contributed by atoms with Crippen molar-refractivity contribution in [3.63, 3.8) is 0 Å². The third-order valence-electron chi connectivity index (χ3n) is 1.59. The maximum atomic E-state index is 11.8. The number of nitrogens with two attached hydrogens (primary N) is 1. The zero-order valence-corrected chi connectivity index (χ0v) is 8.62. The van der Waals surface area contributed by atoms with Crippen LogP contribution in [0.3, 0.4) is 0 Å². The summed E-state index contributed by atoms with van der Waals surface area (Å²) in [6.45, 7) is -1.60. The van der Waals surface area contributed by atoms with Crippen LogP contribution in [0.1, 0.15) is 0 Å². The van der Waals surface area contributed by atoms with E-state index in [2.05, 4.69) is 15.0 Å². The topological polar surface area (TPSA) is 77.2 Å². The normalized spacial score (nSPS) is 11.1. The molecule has 0 unspecified atom stereocenters. The Morgan fingerprint density at radius 2 is 2.18 bits per heavy atom. The third-order valence-corrected chi connectivity index (χ3v) is 1.59. The predicted molar refractivity (Wildman–Crippen MR) is 53.5 cm³/mol. The molecule has 0 aliphatic rings. The van der Waals surface area contributed by atoms with E-state index >= 15 is 0 Å². The lowest BCUT2D eigenvalue weighted by Gasteiger charge is -2.08. The van der Waals surface area contributed by atoms with E-state index in [9.17, 15) is 18.0 Å². The van der Waals surface area contributed by atoms with Crippen LogP contribution in [0, 0.1) is 0 Å². The first-order chi connectivity index (χ1) is 7.90. The number of halogens is 3. The molecule has 1 amide bonds. The summed E-state index contributed by atoms with van der Waals surface area (Å²) in [6, 6.07) is 2.59. The highest BCUT2D eigenvalue weighted by atomic mass is 19.4. The van der Waals surface area contributed by atoms with Crippen molar-refractivity contribution in [1.82, 2.24) is 4.98 Å². The van der Waals surface area contributed by atoms with Gasteiger partial charge in [0.05, 0.1) is 18.4 Å².